The standard InChI is InChI=1S/C15H20N2O4/c1-11-2-4-12(5-3-11)8-16-14(18)10-17-6-7-21-13(9-17)15(19)20/h2-5,13H,6-10H2,1H3,(H,16,18)(H,19,20). The lowest BCUT2D eigenvalue weighted by Gasteiger charge is -2.30. The van der Waals surface area contributed by atoms with Gasteiger partial charge in [0.05, 0.1) is 13.2 Å². The van der Waals surface area contributed by atoms with Crippen LogP contribution in [0.1, 0.15) is 11.1 Å². The zero-order valence-corrected chi connectivity index (χ0v) is 12.0. The molecule has 0 saturated carbocycles. The van der Waals surface area contributed by atoms with E-state index in [2.05, 4.69) is 5.32 Å². The van der Waals surface area contributed by atoms with Crippen LogP contribution in [0.4, 0.5) is 0 Å². The van der Waals surface area contributed by atoms with Crippen LogP contribution in [0.5, 0.6) is 0 Å². The highest BCUT2D eigenvalue weighted by Gasteiger charge is 2.27. The Balaban J connectivity index is 1.76. The molecule has 114 valence electrons. The lowest BCUT2D eigenvalue weighted by atomic mass is 10.1. The minimum atomic E-state index is -0.986. The zero-order chi connectivity index (χ0) is 15.2. The van der Waals surface area contributed by atoms with E-state index in [4.69, 9.17) is 9.84 Å². The number of aryl methyl sites for hydroxylation is 1. The topological polar surface area (TPSA) is 78.9 Å². The van der Waals surface area contributed by atoms with Crippen molar-refractivity contribution in [2.45, 2.75) is 19.6 Å². The average molecular weight is 292 g/mol. The Bertz CT molecular complexity index is 501. The first-order valence-corrected chi connectivity index (χ1v) is 6.93. The Kier molecular flexibility index (Phi) is 5.30. The Labute approximate surface area is 123 Å². The molecular formula is C15H20N2O4. The van der Waals surface area contributed by atoms with E-state index in [-0.39, 0.29) is 19.0 Å². The first kappa shape index (κ1) is 15.5. The third-order valence-electron chi connectivity index (χ3n) is 3.40. The van der Waals surface area contributed by atoms with Crippen molar-refractivity contribution >= 4 is 11.9 Å². The number of amides is 1. The number of carbonyl (C=O) groups is 2. The molecule has 2 N–H and O–H groups in total. The molecule has 1 fully saturated rings. The summed E-state index contributed by atoms with van der Waals surface area (Å²) < 4.78 is 5.12. The molecule has 0 radical (unpaired) electrons. The maximum absolute atomic E-state index is 11.9. The fourth-order valence-electron chi connectivity index (χ4n) is 2.16. The highest BCUT2D eigenvalue weighted by molar-refractivity contribution is 5.78. The second-order valence-corrected chi connectivity index (χ2v) is 5.20. The first-order valence-electron chi connectivity index (χ1n) is 6.93. The predicted octanol–water partition coefficient (Wildman–Crippen LogP) is 0.397. The average Bonchev–Trinajstić information content (AvgIpc) is 2.47. The number of morpholine rings is 1. The van der Waals surface area contributed by atoms with Crippen molar-refractivity contribution in [2.75, 3.05) is 26.2 Å². The maximum Gasteiger partial charge on any atom is 0.334 e. The summed E-state index contributed by atoms with van der Waals surface area (Å²) in [5.74, 6) is -1.10. The summed E-state index contributed by atoms with van der Waals surface area (Å²) in [6, 6.07) is 7.96. The Morgan fingerprint density at radius 2 is 2.10 bits per heavy atom. The van der Waals surface area contributed by atoms with E-state index >= 15 is 0 Å². The van der Waals surface area contributed by atoms with Gasteiger partial charge in [-0.1, -0.05) is 29.8 Å². The van der Waals surface area contributed by atoms with Crippen LogP contribution in [0.25, 0.3) is 0 Å². The molecule has 1 unspecified atom stereocenters. The number of hydrogen-bond donors (Lipinski definition) is 2. The first-order chi connectivity index (χ1) is 10.0. The summed E-state index contributed by atoms with van der Waals surface area (Å²) in [4.78, 5) is 24.6. The van der Waals surface area contributed by atoms with Crippen LogP contribution in [0.2, 0.25) is 0 Å². The van der Waals surface area contributed by atoms with Crippen LogP contribution in [0.3, 0.4) is 0 Å². The van der Waals surface area contributed by atoms with Crippen molar-refractivity contribution in [2.24, 2.45) is 0 Å². The molecule has 1 aliphatic heterocycles. The van der Waals surface area contributed by atoms with E-state index in [1.54, 1.807) is 4.90 Å². The number of benzene rings is 1. The molecule has 2 rings (SSSR count). The molecule has 0 aromatic heterocycles. The number of ether oxygens (including phenoxy) is 1. The number of carbonyl (C=O) groups excluding carboxylic acids is 1. The lowest BCUT2D eigenvalue weighted by Crippen LogP contribution is -2.49. The Morgan fingerprint density at radius 1 is 1.38 bits per heavy atom. The van der Waals surface area contributed by atoms with Gasteiger partial charge in [0.25, 0.3) is 0 Å². The van der Waals surface area contributed by atoms with Gasteiger partial charge in [0, 0.05) is 19.6 Å². The SMILES string of the molecule is Cc1ccc(CNC(=O)CN2CCOC(C(=O)O)C2)cc1. The lowest BCUT2D eigenvalue weighted by molar-refractivity contribution is -0.156. The number of aliphatic carboxylic acids is 1. The Hall–Kier alpha value is -1.92. The molecule has 1 aromatic carbocycles. The van der Waals surface area contributed by atoms with Crippen LogP contribution in [-0.2, 0) is 20.9 Å². The number of nitrogens with zero attached hydrogens (tertiary/aromatic N) is 1. The van der Waals surface area contributed by atoms with E-state index in [1.807, 2.05) is 31.2 Å². The quantitative estimate of drug-likeness (QED) is 0.821. The second-order valence-electron chi connectivity index (χ2n) is 5.20. The minimum absolute atomic E-state index is 0.110. The van der Waals surface area contributed by atoms with Gasteiger partial charge in [-0.2, -0.15) is 0 Å². The van der Waals surface area contributed by atoms with Gasteiger partial charge in [0.15, 0.2) is 6.10 Å². The third-order valence-corrected chi connectivity index (χ3v) is 3.40. The van der Waals surface area contributed by atoms with E-state index < -0.39 is 12.1 Å². The fraction of sp³-hybridized carbons (Fsp3) is 0.467. The number of nitrogens with one attached hydrogen (secondary N) is 1. The monoisotopic (exact) mass is 292 g/mol. The van der Waals surface area contributed by atoms with Crippen molar-refractivity contribution in [1.29, 1.82) is 0 Å². The van der Waals surface area contributed by atoms with Crippen molar-refractivity contribution in [3.8, 4) is 0 Å². The highest BCUT2D eigenvalue weighted by Crippen LogP contribution is 2.05. The molecule has 1 aromatic rings. The van der Waals surface area contributed by atoms with E-state index in [0.717, 1.165) is 5.56 Å². The minimum Gasteiger partial charge on any atom is -0.479 e. The predicted molar refractivity (Wildman–Crippen MR) is 76.8 cm³/mol. The van der Waals surface area contributed by atoms with Gasteiger partial charge in [0.1, 0.15) is 0 Å². The second kappa shape index (κ2) is 7.19. The van der Waals surface area contributed by atoms with Crippen LogP contribution >= 0.6 is 0 Å². The summed E-state index contributed by atoms with van der Waals surface area (Å²) in [7, 11) is 0. The molecule has 6 heteroatoms. The molecule has 21 heavy (non-hydrogen) atoms. The summed E-state index contributed by atoms with van der Waals surface area (Å²) in [5.41, 5.74) is 2.22. The normalized spacial score (nSPS) is 19.2. The third kappa shape index (κ3) is 4.84. The molecule has 1 atom stereocenters. The van der Waals surface area contributed by atoms with Crippen LogP contribution in [-0.4, -0.2) is 54.2 Å². The molecule has 1 aliphatic rings. The number of carboxylic acids is 1. The van der Waals surface area contributed by atoms with Gasteiger partial charge in [-0.05, 0) is 12.5 Å². The smallest absolute Gasteiger partial charge is 0.334 e. The summed E-state index contributed by atoms with van der Waals surface area (Å²) in [6.45, 7) is 3.84. The summed E-state index contributed by atoms with van der Waals surface area (Å²) in [5, 5.41) is 11.8. The molecule has 1 saturated heterocycles. The van der Waals surface area contributed by atoms with Gasteiger partial charge in [-0.25, -0.2) is 4.79 Å². The zero-order valence-electron chi connectivity index (χ0n) is 12.0. The molecule has 0 bridgehead atoms. The summed E-state index contributed by atoms with van der Waals surface area (Å²) in [6.07, 6.45) is -0.844. The van der Waals surface area contributed by atoms with E-state index in [0.29, 0.717) is 19.7 Å². The molecule has 1 amide bonds. The van der Waals surface area contributed by atoms with Crippen LogP contribution in [0.15, 0.2) is 24.3 Å². The largest absolute Gasteiger partial charge is 0.479 e. The van der Waals surface area contributed by atoms with Crippen molar-refractivity contribution in [3.05, 3.63) is 35.4 Å². The van der Waals surface area contributed by atoms with E-state index in [1.165, 1.54) is 5.56 Å². The van der Waals surface area contributed by atoms with Gasteiger partial charge < -0.3 is 15.2 Å². The number of rotatable bonds is 5. The van der Waals surface area contributed by atoms with Gasteiger partial charge in [0.2, 0.25) is 5.91 Å². The van der Waals surface area contributed by atoms with Crippen molar-refractivity contribution < 1.29 is 19.4 Å². The number of carboxylic acid groups (broad SMARTS) is 1. The van der Waals surface area contributed by atoms with Crippen molar-refractivity contribution in [1.82, 2.24) is 10.2 Å². The molecule has 0 spiro atoms. The maximum atomic E-state index is 11.9. The molecule has 0 aliphatic carbocycles. The Morgan fingerprint density at radius 3 is 2.76 bits per heavy atom. The van der Waals surface area contributed by atoms with Gasteiger partial charge in [-0.15, -0.1) is 0 Å². The fourth-order valence-corrected chi connectivity index (χ4v) is 2.16. The van der Waals surface area contributed by atoms with Crippen LogP contribution in [0, 0.1) is 6.92 Å². The van der Waals surface area contributed by atoms with Gasteiger partial charge in [-0.3, -0.25) is 9.69 Å². The van der Waals surface area contributed by atoms with E-state index in [9.17, 15) is 9.59 Å². The van der Waals surface area contributed by atoms with Crippen molar-refractivity contribution in [3.63, 3.8) is 0 Å². The summed E-state index contributed by atoms with van der Waals surface area (Å²) >= 11 is 0. The molecule has 1 heterocycles. The molecule has 6 nitrogen and oxygen atoms in total. The number of hydrogen-bond acceptors (Lipinski definition) is 4. The highest BCUT2D eigenvalue weighted by atomic mass is 16.5. The van der Waals surface area contributed by atoms with Gasteiger partial charge >= 0.3 is 5.97 Å². The molecular weight excluding hydrogens is 272 g/mol. The van der Waals surface area contributed by atoms with Crippen LogP contribution < -0.4 is 5.32 Å².